The van der Waals surface area contributed by atoms with E-state index >= 15 is 0 Å². The fourth-order valence-corrected chi connectivity index (χ4v) is 2.96. The summed E-state index contributed by atoms with van der Waals surface area (Å²) < 4.78 is 0. The summed E-state index contributed by atoms with van der Waals surface area (Å²) in [6.45, 7) is 0. The Balaban J connectivity index is 5.24. The van der Waals surface area contributed by atoms with Crippen LogP contribution in [0, 0.1) is 0 Å². The summed E-state index contributed by atoms with van der Waals surface area (Å²) in [4.78, 5) is 70.2. The number of carbonyl (C=O) groups is 6. The van der Waals surface area contributed by atoms with E-state index in [2.05, 4.69) is 28.6 Å². The van der Waals surface area contributed by atoms with Gasteiger partial charge in [0.1, 0.15) is 18.1 Å². The van der Waals surface area contributed by atoms with E-state index in [0.717, 1.165) is 0 Å². The standard InChI is InChI=1S/C16H28N6O7S2/c1-31-3-2-8(14(26)21-9(16(28)29)5-12(19)24)20-15(27)10(6-30)22-13(25)7(17)4-11(18)23/h7-10,30H,2-6,17H2,1H3,(H2,18,23)(H2,19,24)(H,20,27)(H,21,26)(H,22,25)(H,28,29). The lowest BCUT2D eigenvalue weighted by Crippen LogP contribution is -2.58. The summed E-state index contributed by atoms with van der Waals surface area (Å²) in [5.41, 5.74) is 15.5. The van der Waals surface area contributed by atoms with Crippen molar-refractivity contribution in [1.82, 2.24) is 16.0 Å². The number of carbonyl (C=O) groups excluding carboxylic acids is 5. The lowest BCUT2D eigenvalue weighted by Gasteiger charge is -2.24. The number of nitrogens with two attached hydrogens (primary N) is 3. The van der Waals surface area contributed by atoms with Crippen molar-refractivity contribution in [2.45, 2.75) is 43.4 Å². The SMILES string of the molecule is CSCCC(NC(=O)C(CS)NC(=O)C(N)CC(N)=O)C(=O)NC(CC(N)=O)C(=O)O. The molecule has 10 N–H and O–H groups in total. The highest BCUT2D eigenvalue weighted by Crippen LogP contribution is 2.04. The minimum Gasteiger partial charge on any atom is -0.480 e. The number of amides is 5. The molecule has 0 aliphatic carbocycles. The minimum atomic E-state index is -1.56. The first-order valence-electron chi connectivity index (χ1n) is 8.98. The first-order chi connectivity index (χ1) is 14.4. The average molecular weight is 481 g/mol. The average Bonchev–Trinajstić information content (AvgIpc) is 2.67. The monoisotopic (exact) mass is 480 g/mol. The summed E-state index contributed by atoms with van der Waals surface area (Å²) in [5.74, 6) is -5.35. The topological polar surface area (TPSA) is 237 Å². The molecule has 0 radical (unpaired) electrons. The van der Waals surface area contributed by atoms with E-state index in [0.29, 0.717) is 5.75 Å². The Labute approximate surface area is 188 Å². The van der Waals surface area contributed by atoms with Gasteiger partial charge in [-0.25, -0.2) is 4.79 Å². The quantitative estimate of drug-likeness (QED) is 0.107. The predicted octanol–water partition coefficient (Wildman–Crippen LogP) is -3.71. The highest BCUT2D eigenvalue weighted by atomic mass is 32.2. The molecule has 0 fully saturated rings. The molecule has 0 aliphatic heterocycles. The van der Waals surface area contributed by atoms with Gasteiger partial charge in [0, 0.05) is 5.75 Å². The molecule has 0 aromatic carbocycles. The highest BCUT2D eigenvalue weighted by Gasteiger charge is 2.30. The van der Waals surface area contributed by atoms with Gasteiger partial charge in [-0.05, 0) is 18.4 Å². The van der Waals surface area contributed by atoms with Crippen LogP contribution in [0.5, 0.6) is 0 Å². The Kier molecular flexibility index (Phi) is 13.3. The van der Waals surface area contributed by atoms with Crippen LogP contribution in [-0.2, 0) is 28.8 Å². The molecule has 0 heterocycles. The predicted molar refractivity (Wildman–Crippen MR) is 116 cm³/mol. The summed E-state index contributed by atoms with van der Waals surface area (Å²) in [7, 11) is 0. The molecule has 0 bridgehead atoms. The molecule has 0 aliphatic rings. The zero-order valence-corrected chi connectivity index (χ0v) is 18.5. The van der Waals surface area contributed by atoms with Gasteiger partial charge in [-0.1, -0.05) is 0 Å². The van der Waals surface area contributed by atoms with Crippen LogP contribution in [0.15, 0.2) is 0 Å². The van der Waals surface area contributed by atoms with Crippen LogP contribution < -0.4 is 33.2 Å². The number of primary amides is 2. The largest absolute Gasteiger partial charge is 0.480 e. The first kappa shape index (κ1) is 28.5. The van der Waals surface area contributed by atoms with Gasteiger partial charge in [-0.15, -0.1) is 0 Å². The van der Waals surface area contributed by atoms with Crippen molar-refractivity contribution in [3.8, 4) is 0 Å². The molecular formula is C16H28N6O7S2. The van der Waals surface area contributed by atoms with Crippen molar-refractivity contribution < 1.29 is 33.9 Å². The molecule has 0 aromatic rings. The van der Waals surface area contributed by atoms with Crippen LogP contribution in [0.4, 0.5) is 0 Å². The Morgan fingerprint density at radius 1 is 0.871 bits per heavy atom. The van der Waals surface area contributed by atoms with Crippen molar-refractivity contribution in [1.29, 1.82) is 0 Å². The van der Waals surface area contributed by atoms with Crippen LogP contribution >= 0.6 is 24.4 Å². The van der Waals surface area contributed by atoms with Crippen molar-refractivity contribution in [3.05, 3.63) is 0 Å². The lowest BCUT2D eigenvalue weighted by atomic mass is 10.1. The van der Waals surface area contributed by atoms with E-state index < -0.39 is 72.5 Å². The van der Waals surface area contributed by atoms with E-state index in [9.17, 15) is 28.8 Å². The number of nitrogens with one attached hydrogen (secondary N) is 3. The molecule has 4 unspecified atom stereocenters. The van der Waals surface area contributed by atoms with Gasteiger partial charge in [0.15, 0.2) is 0 Å². The Bertz CT molecular complexity index is 693. The number of hydrogen-bond acceptors (Lipinski definition) is 9. The molecule has 176 valence electrons. The Morgan fingerprint density at radius 2 is 1.35 bits per heavy atom. The third kappa shape index (κ3) is 11.4. The van der Waals surface area contributed by atoms with E-state index in [-0.39, 0.29) is 12.2 Å². The van der Waals surface area contributed by atoms with Crippen molar-refractivity contribution in [3.63, 3.8) is 0 Å². The van der Waals surface area contributed by atoms with Crippen LogP contribution in [0.1, 0.15) is 19.3 Å². The van der Waals surface area contributed by atoms with Crippen LogP contribution in [-0.4, -0.2) is 82.5 Å². The molecule has 13 nitrogen and oxygen atoms in total. The van der Waals surface area contributed by atoms with Crippen molar-refractivity contribution in [2.75, 3.05) is 17.8 Å². The van der Waals surface area contributed by atoms with Crippen molar-refractivity contribution in [2.24, 2.45) is 17.2 Å². The molecule has 0 saturated carbocycles. The van der Waals surface area contributed by atoms with Crippen LogP contribution in [0.2, 0.25) is 0 Å². The molecule has 0 spiro atoms. The molecule has 5 amide bonds. The van der Waals surface area contributed by atoms with Gasteiger partial charge < -0.3 is 38.3 Å². The van der Waals surface area contributed by atoms with Crippen LogP contribution in [0.25, 0.3) is 0 Å². The summed E-state index contributed by atoms with van der Waals surface area (Å²) in [6, 6.07) is -5.19. The van der Waals surface area contributed by atoms with Crippen molar-refractivity contribution >= 4 is 59.9 Å². The summed E-state index contributed by atoms with van der Waals surface area (Å²) in [6.07, 6.45) is 0.843. The lowest BCUT2D eigenvalue weighted by molar-refractivity contribution is -0.143. The third-order valence-corrected chi connectivity index (χ3v) is 4.85. The van der Waals surface area contributed by atoms with E-state index in [4.69, 9.17) is 22.3 Å². The maximum absolute atomic E-state index is 12.5. The van der Waals surface area contributed by atoms with Gasteiger partial charge in [0.05, 0.1) is 18.9 Å². The number of thioether (sulfide) groups is 1. The van der Waals surface area contributed by atoms with E-state index in [1.807, 2.05) is 0 Å². The van der Waals surface area contributed by atoms with Crippen LogP contribution in [0.3, 0.4) is 0 Å². The smallest absolute Gasteiger partial charge is 0.326 e. The molecular weight excluding hydrogens is 452 g/mol. The summed E-state index contributed by atoms with van der Waals surface area (Å²) in [5, 5.41) is 16.0. The molecule has 31 heavy (non-hydrogen) atoms. The zero-order valence-electron chi connectivity index (χ0n) is 16.8. The van der Waals surface area contributed by atoms with Gasteiger partial charge >= 0.3 is 5.97 Å². The fraction of sp³-hybridized carbons (Fsp3) is 0.625. The van der Waals surface area contributed by atoms with Gasteiger partial charge in [-0.3, -0.25) is 24.0 Å². The normalized spacial score (nSPS) is 14.4. The van der Waals surface area contributed by atoms with Gasteiger partial charge in [0.2, 0.25) is 29.5 Å². The minimum absolute atomic E-state index is 0.135. The number of carboxylic acids is 1. The molecule has 15 heteroatoms. The van der Waals surface area contributed by atoms with Gasteiger partial charge in [0.25, 0.3) is 0 Å². The zero-order chi connectivity index (χ0) is 24.1. The number of thiol groups is 1. The second-order valence-electron chi connectivity index (χ2n) is 6.43. The van der Waals surface area contributed by atoms with Gasteiger partial charge in [-0.2, -0.15) is 24.4 Å². The number of carboxylic acid groups (broad SMARTS) is 1. The second kappa shape index (κ2) is 14.5. The number of hydrogen-bond donors (Lipinski definition) is 8. The molecule has 4 atom stereocenters. The number of rotatable bonds is 15. The van der Waals surface area contributed by atoms with E-state index in [1.165, 1.54) is 11.8 Å². The fourth-order valence-electron chi connectivity index (χ4n) is 2.23. The molecule has 0 saturated heterocycles. The summed E-state index contributed by atoms with van der Waals surface area (Å²) >= 11 is 5.37. The second-order valence-corrected chi connectivity index (χ2v) is 7.78. The molecule has 0 aromatic heterocycles. The maximum Gasteiger partial charge on any atom is 0.326 e. The maximum atomic E-state index is 12.5. The highest BCUT2D eigenvalue weighted by molar-refractivity contribution is 7.98. The Hall–Kier alpha value is -2.52. The third-order valence-electron chi connectivity index (χ3n) is 3.84. The van der Waals surface area contributed by atoms with E-state index in [1.54, 1.807) is 6.26 Å². The molecule has 0 rings (SSSR count). The number of aliphatic carboxylic acids is 1. The Morgan fingerprint density at radius 3 is 1.81 bits per heavy atom. The first-order valence-corrected chi connectivity index (χ1v) is 11.0.